The Kier molecular flexibility index (Phi) is 6.37. The van der Waals surface area contributed by atoms with Gasteiger partial charge in [-0.05, 0) is 5.57 Å². The number of nitrogen functional groups attached to an aromatic ring is 1. The van der Waals surface area contributed by atoms with Crippen molar-refractivity contribution in [3.8, 4) is 0 Å². The predicted molar refractivity (Wildman–Crippen MR) is 113 cm³/mol. The lowest BCUT2D eigenvalue weighted by molar-refractivity contribution is -0.904. The van der Waals surface area contributed by atoms with Gasteiger partial charge in [0.1, 0.15) is 37.4 Å². The minimum Gasteiger partial charge on any atom is -0.543 e. The first-order chi connectivity index (χ1) is 15.3. The number of hydrogen-bond acceptors (Lipinski definition) is 11. The van der Waals surface area contributed by atoms with Crippen LogP contribution in [0.1, 0.15) is 12.1 Å². The first kappa shape index (κ1) is 22.5. The number of thioether (sulfide) groups is 1. The zero-order valence-electron chi connectivity index (χ0n) is 17.3. The molecule has 3 aliphatic heterocycles. The van der Waals surface area contributed by atoms with Crippen molar-refractivity contribution in [1.82, 2.24) is 15.2 Å². The molecule has 3 unspecified atom stereocenters. The van der Waals surface area contributed by atoms with Gasteiger partial charge < -0.3 is 35.4 Å². The smallest absolute Gasteiger partial charge is 0.276 e. The number of oxime groups is 1. The molecule has 2 amide bonds. The molecule has 32 heavy (non-hydrogen) atoms. The van der Waals surface area contributed by atoms with E-state index in [2.05, 4.69) is 15.5 Å². The van der Waals surface area contributed by atoms with Crippen LogP contribution >= 0.6 is 23.1 Å². The summed E-state index contributed by atoms with van der Waals surface area (Å²) in [6, 6.07) is -0.919. The van der Waals surface area contributed by atoms with Crippen molar-refractivity contribution in [2.24, 2.45) is 5.16 Å². The molecule has 1 aromatic rings. The van der Waals surface area contributed by atoms with Crippen LogP contribution in [0.2, 0.25) is 0 Å². The van der Waals surface area contributed by atoms with Crippen molar-refractivity contribution in [3.63, 3.8) is 0 Å². The number of quaternary nitrogens is 1. The van der Waals surface area contributed by atoms with Gasteiger partial charge in [-0.3, -0.25) is 14.5 Å². The number of fused-ring (bicyclic) bond motifs is 1. The van der Waals surface area contributed by atoms with Gasteiger partial charge in [0.25, 0.3) is 11.8 Å². The Balaban J connectivity index is 1.50. The molecule has 2 fully saturated rings. The van der Waals surface area contributed by atoms with Crippen molar-refractivity contribution in [2.45, 2.75) is 24.1 Å². The average molecular weight is 483 g/mol. The molecule has 4 rings (SSSR count). The molecule has 0 spiro atoms. The van der Waals surface area contributed by atoms with Gasteiger partial charge in [0.15, 0.2) is 17.1 Å². The molecule has 4 heterocycles. The summed E-state index contributed by atoms with van der Waals surface area (Å²) in [4.78, 5) is 48.6. The summed E-state index contributed by atoms with van der Waals surface area (Å²) < 4.78 is 5.68. The number of carbonyl (C=O) groups is 3. The number of ether oxygens (including phenoxy) is 1. The highest BCUT2D eigenvalue weighted by Crippen LogP contribution is 2.41. The van der Waals surface area contributed by atoms with E-state index in [1.165, 1.54) is 23.8 Å². The van der Waals surface area contributed by atoms with E-state index in [0.29, 0.717) is 24.4 Å². The number of rotatable bonds is 7. The van der Waals surface area contributed by atoms with Gasteiger partial charge >= 0.3 is 0 Å². The molecule has 0 saturated carbocycles. The number of anilines is 1. The van der Waals surface area contributed by atoms with Crippen LogP contribution in [0.3, 0.4) is 0 Å². The van der Waals surface area contributed by atoms with Gasteiger partial charge in [0.2, 0.25) is 0 Å². The average Bonchev–Trinajstić information content (AvgIpc) is 3.37. The number of β-lactam (4-membered cyclic amide) rings is 1. The molecule has 0 aliphatic carbocycles. The lowest BCUT2D eigenvalue weighted by Crippen LogP contribution is -3.11. The Hall–Kier alpha value is -2.68. The van der Waals surface area contributed by atoms with Gasteiger partial charge in [0, 0.05) is 11.1 Å². The largest absolute Gasteiger partial charge is 0.543 e. The Bertz CT molecular complexity index is 1010. The molecule has 0 bridgehead atoms. The van der Waals surface area contributed by atoms with Crippen LogP contribution in [0.5, 0.6) is 0 Å². The van der Waals surface area contributed by atoms with E-state index in [4.69, 9.17) is 15.3 Å². The van der Waals surface area contributed by atoms with Crippen LogP contribution in [-0.2, 0) is 24.0 Å². The van der Waals surface area contributed by atoms with Crippen molar-refractivity contribution in [3.05, 3.63) is 22.3 Å². The molecule has 14 heteroatoms. The number of nitrogens with two attached hydrogens (primary N) is 1. The summed E-state index contributed by atoms with van der Waals surface area (Å²) in [6.07, 6.45) is 0.229. The number of aliphatic carboxylic acids is 1. The maximum atomic E-state index is 12.8. The Morgan fingerprint density at radius 3 is 2.91 bits per heavy atom. The van der Waals surface area contributed by atoms with Crippen molar-refractivity contribution >= 4 is 51.7 Å². The first-order valence-corrected chi connectivity index (χ1v) is 11.7. The minimum atomic E-state index is -1.42. The molecule has 12 nitrogen and oxygen atoms in total. The van der Waals surface area contributed by atoms with E-state index in [9.17, 15) is 19.5 Å². The number of carbonyl (C=O) groups excluding carboxylic acids is 3. The molecule has 3 aliphatic rings. The maximum Gasteiger partial charge on any atom is 0.276 e. The van der Waals surface area contributed by atoms with Crippen molar-refractivity contribution in [1.29, 1.82) is 0 Å². The molecular formula is C18H22N6O6S2. The first-order valence-electron chi connectivity index (χ1n) is 9.77. The second-order valence-corrected chi connectivity index (χ2v) is 9.45. The summed E-state index contributed by atoms with van der Waals surface area (Å²) in [5.74, 6) is -2.24. The summed E-state index contributed by atoms with van der Waals surface area (Å²) in [6.45, 7) is 1.44. The quantitative estimate of drug-likeness (QED) is 0.206. The van der Waals surface area contributed by atoms with Crippen molar-refractivity contribution in [2.75, 3.05) is 38.8 Å². The second kappa shape index (κ2) is 9.05. The zero-order chi connectivity index (χ0) is 23.0. The number of carboxylic acids is 1. The zero-order valence-corrected chi connectivity index (χ0v) is 19.0. The van der Waals surface area contributed by atoms with Gasteiger partial charge in [-0.25, -0.2) is 4.98 Å². The molecule has 1 aromatic heterocycles. The SMILES string of the molecule is CO/N=C(\C(=O)NC1C(=O)N2C(C(=O)[O-])=C(CC3OCC[NH+]3C)CS[C@H]12)c1csc(N)n1. The van der Waals surface area contributed by atoms with Crippen LogP contribution in [0.15, 0.2) is 21.8 Å². The van der Waals surface area contributed by atoms with E-state index < -0.39 is 29.2 Å². The Morgan fingerprint density at radius 1 is 1.53 bits per heavy atom. The highest BCUT2D eigenvalue weighted by atomic mass is 32.2. The molecule has 2 saturated heterocycles. The number of nitrogens with one attached hydrogen (secondary N) is 2. The van der Waals surface area contributed by atoms with Gasteiger partial charge in [0.05, 0.1) is 25.1 Å². The fraction of sp³-hybridized carbons (Fsp3) is 0.500. The molecule has 172 valence electrons. The lowest BCUT2D eigenvalue weighted by atomic mass is 10.0. The normalized spacial score (nSPS) is 27.8. The van der Waals surface area contributed by atoms with E-state index in [1.807, 2.05) is 7.05 Å². The van der Waals surface area contributed by atoms with E-state index in [0.717, 1.165) is 22.8 Å². The fourth-order valence-corrected chi connectivity index (χ4v) is 5.76. The number of hydrogen-bond donors (Lipinski definition) is 3. The summed E-state index contributed by atoms with van der Waals surface area (Å²) in [5, 5.41) is 19.4. The van der Waals surface area contributed by atoms with E-state index >= 15 is 0 Å². The molecule has 0 aromatic carbocycles. The second-order valence-electron chi connectivity index (χ2n) is 7.45. The molecule has 4 N–H and O–H groups in total. The third kappa shape index (κ3) is 4.05. The van der Waals surface area contributed by atoms with Crippen LogP contribution in [0, 0.1) is 0 Å². The number of aromatic nitrogens is 1. The van der Waals surface area contributed by atoms with Gasteiger partial charge in [-0.1, -0.05) is 5.16 Å². The Morgan fingerprint density at radius 2 is 2.31 bits per heavy atom. The Labute approximate surface area is 191 Å². The molecular weight excluding hydrogens is 460 g/mol. The topological polar surface area (TPSA) is 164 Å². The van der Waals surface area contributed by atoms with Crippen LogP contribution in [0.4, 0.5) is 5.13 Å². The fourth-order valence-electron chi connectivity index (χ4n) is 3.85. The van der Waals surface area contributed by atoms with Gasteiger partial charge in [-0.15, -0.1) is 23.1 Å². The van der Waals surface area contributed by atoms with Crippen LogP contribution < -0.4 is 21.1 Å². The summed E-state index contributed by atoms with van der Waals surface area (Å²) in [7, 11) is 3.26. The van der Waals surface area contributed by atoms with Crippen molar-refractivity contribution < 1.29 is 34.0 Å². The molecule has 0 radical (unpaired) electrons. The van der Waals surface area contributed by atoms with E-state index in [-0.39, 0.29) is 28.5 Å². The predicted octanol–water partition coefficient (Wildman–Crippen LogP) is -3.26. The highest BCUT2D eigenvalue weighted by Gasteiger charge is 2.53. The number of amides is 2. The lowest BCUT2D eigenvalue weighted by Gasteiger charge is -2.51. The number of likely N-dealkylation sites (N-methyl/N-ethyl adjacent to an activating group) is 1. The van der Waals surface area contributed by atoms with Gasteiger partial charge in [-0.2, -0.15) is 0 Å². The van der Waals surface area contributed by atoms with Crippen LogP contribution in [0.25, 0.3) is 0 Å². The standard InChI is InChI=1S/C18H22N6O6S2/c1-23-3-4-30-10(23)5-8-6-31-16-12(15(26)24(16)13(8)17(27)28)21-14(25)11(22-29-2)9-7-32-18(19)20-9/h7,10,12,16H,3-6H2,1-2H3,(H2,19,20)(H,21,25)(H,27,28)/b22-11-/t10?,12?,16-/m1/s1. The summed E-state index contributed by atoms with van der Waals surface area (Å²) >= 11 is 2.51. The van der Waals surface area contributed by atoms with Crippen LogP contribution in [-0.4, -0.2) is 84.1 Å². The third-order valence-electron chi connectivity index (χ3n) is 5.49. The van der Waals surface area contributed by atoms with E-state index in [1.54, 1.807) is 5.38 Å². The minimum absolute atomic E-state index is 0.131. The summed E-state index contributed by atoms with van der Waals surface area (Å²) in [5.41, 5.74) is 6.17. The highest BCUT2D eigenvalue weighted by molar-refractivity contribution is 8.00. The number of nitrogens with zero attached hydrogens (tertiary/aromatic N) is 3. The monoisotopic (exact) mass is 482 g/mol. The number of thiazole rings is 1. The third-order valence-corrected chi connectivity index (χ3v) is 7.50. The molecule has 4 atom stereocenters. The maximum absolute atomic E-state index is 12.8. The number of carboxylic acid groups (broad SMARTS) is 1.